The number of hydrogen-bond acceptors (Lipinski definition) is 9. The van der Waals surface area contributed by atoms with Crippen LogP contribution in [0.5, 0.6) is 5.75 Å². The van der Waals surface area contributed by atoms with Crippen molar-refractivity contribution in [3.63, 3.8) is 0 Å². The van der Waals surface area contributed by atoms with Gasteiger partial charge in [-0.25, -0.2) is 19.4 Å². The van der Waals surface area contributed by atoms with Crippen LogP contribution in [0.25, 0.3) is 5.69 Å². The van der Waals surface area contributed by atoms with Gasteiger partial charge in [0.25, 0.3) is 0 Å². The molecule has 0 radical (unpaired) electrons. The number of carbonyl (C=O) groups is 1. The molecular weight excluding hydrogens is 422 g/mol. The molecule has 33 heavy (non-hydrogen) atoms. The Hall–Kier alpha value is -3.69. The number of nitrogens with one attached hydrogen (secondary N) is 1. The molecule has 0 amide bonds. The number of methoxy groups -OCH3 is 2. The average Bonchev–Trinajstić information content (AvgIpc) is 3.55. The van der Waals surface area contributed by atoms with Gasteiger partial charge >= 0.3 is 5.97 Å². The highest BCUT2D eigenvalue weighted by atomic mass is 16.5. The minimum absolute atomic E-state index is 0.111. The highest BCUT2D eigenvalue weighted by molar-refractivity contribution is 5.91. The third-order valence-corrected chi connectivity index (χ3v) is 6.40. The maximum absolute atomic E-state index is 11.9. The van der Waals surface area contributed by atoms with E-state index in [1.807, 2.05) is 4.68 Å². The summed E-state index contributed by atoms with van der Waals surface area (Å²) in [7, 11) is 2.90. The number of esters is 1. The van der Waals surface area contributed by atoms with E-state index >= 15 is 0 Å². The number of aromatic nitrogens is 5. The molecule has 2 aliphatic rings. The van der Waals surface area contributed by atoms with Crippen LogP contribution in [0.2, 0.25) is 0 Å². The quantitative estimate of drug-likeness (QED) is 0.562. The summed E-state index contributed by atoms with van der Waals surface area (Å²) in [5.41, 5.74) is 1.89. The molecule has 3 aromatic rings. The monoisotopic (exact) mass is 449 g/mol. The fourth-order valence-corrected chi connectivity index (χ4v) is 4.85. The standard InChI is InChI=1S/C23H27N7O3/c1-4-17-20-25-13-26-30(20)18-12-24-23(28-21(18)29(17)15-7-5-6-8-15)27-16-10-9-14(22(31)33-3)11-19(16)32-2/h9-13,15,17H,4-8H2,1-3H3,(H,24,27,28). The molecule has 1 atom stereocenters. The van der Waals surface area contributed by atoms with Gasteiger partial charge in [0.2, 0.25) is 5.95 Å². The fourth-order valence-electron chi connectivity index (χ4n) is 4.85. The Bertz CT molecular complexity index is 1170. The molecule has 172 valence electrons. The van der Waals surface area contributed by atoms with Crippen molar-refractivity contribution in [1.82, 2.24) is 24.7 Å². The second-order valence-corrected chi connectivity index (χ2v) is 8.23. The average molecular weight is 450 g/mol. The number of nitrogens with zero attached hydrogens (tertiary/aromatic N) is 6. The number of anilines is 3. The molecular formula is C23H27N7O3. The number of ether oxygens (including phenoxy) is 2. The maximum atomic E-state index is 11.9. The predicted octanol–water partition coefficient (Wildman–Crippen LogP) is 3.81. The van der Waals surface area contributed by atoms with E-state index in [1.165, 1.54) is 20.0 Å². The highest BCUT2D eigenvalue weighted by Crippen LogP contribution is 2.42. The van der Waals surface area contributed by atoms with Crippen molar-refractivity contribution >= 4 is 23.4 Å². The van der Waals surface area contributed by atoms with Crippen LogP contribution in [0.4, 0.5) is 17.5 Å². The predicted molar refractivity (Wildman–Crippen MR) is 122 cm³/mol. The van der Waals surface area contributed by atoms with Crippen molar-refractivity contribution < 1.29 is 14.3 Å². The fraction of sp³-hybridized carbons (Fsp3) is 0.435. The topological polar surface area (TPSA) is 107 Å². The highest BCUT2D eigenvalue weighted by Gasteiger charge is 2.38. The number of fused-ring (bicyclic) bond motifs is 3. The summed E-state index contributed by atoms with van der Waals surface area (Å²) in [6.45, 7) is 2.17. The van der Waals surface area contributed by atoms with Crippen LogP contribution >= 0.6 is 0 Å². The van der Waals surface area contributed by atoms with Gasteiger partial charge in [-0.2, -0.15) is 10.1 Å². The molecule has 0 saturated heterocycles. The summed E-state index contributed by atoms with van der Waals surface area (Å²) in [5.74, 6) is 2.30. The van der Waals surface area contributed by atoms with Crippen LogP contribution in [-0.4, -0.2) is 51.0 Å². The summed E-state index contributed by atoms with van der Waals surface area (Å²) in [6.07, 6.45) is 9.01. The summed E-state index contributed by atoms with van der Waals surface area (Å²) < 4.78 is 12.1. The SMILES string of the molecule is CCC1c2ncnn2-c2cnc(Nc3ccc(C(=O)OC)cc3OC)nc2N1C1CCCC1. The Balaban J connectivity index is 1.54. The molecule has 1 aromatic carbocycles. The van der Waals surface area contributed by atoms with Crippen LogP contribution in [0.1, 0.15) is 61.3 Å². The molecule has 1 N–H and O–H groups in total. The number of carbonyl (C=O) groups excluding carboxylic acids is 1. The van der Waals surface area contributed by atoms with E-state index in [2.05, 4.69) is 32.2 Å². The van der Waals surface area contributed by atoms with E-state index in [0.717, 1.165) is 36.6 Å². The zero-order valence-corrected chi connectivity index (χ0v) is 19.0. The zero-order chi connectivity index (χ0) is 22.9. The van der Waals surface area contributed by atoms with Crippen LogP contribution in [0, 0.1) is 0 Å². The lowest BCUT2D eigenvalue weighted by molar-refractivity contribution is 0.0600. The third kappa shape index (κ3) is 3.65. The van der Waals surface area contributed by atoms with Crippen LogP contribution < -0.4 is 15.0 Å². The van der Waals surface area contributed by atoms with E-state index in [4.69, 9.17) is 14.5 Å². The van der Waals surface area contributed by atoms with Gasteiger partial charge in [-0.05, 0) is 37.5 Å². The molecule has 2 aromatic heterocycles. The van der Waals surface area contributed by atoms with E-state index in [0.29, 0.717) is 29.0 Å². The Morgan fingerprint density at radius 1 is 1.21 bits per heavy atom. The molecule has 1 unspecified atom stereocenters. The Morgan fingerprint density at radius 2 is 2.03 bits per heavy atom. The third-order valence-electron chi connectivity index (χ3n) is 6.40. The Labute approximate surface area is 192 Å². The van der Waals surface area contributed by atoms with Crippen molar-refractivity contribution in [3.05, 3.63) is 42.1 Å². The molecule has 10 heteroatoms. The minimum Gasteiger partial charge on any atom is -0.495 e. The van der Waals surface area contributed by atoms with E-state index < -0.39 is 5.97 Å². The molecule has 1 aliphatic carbocycles. The van der Waals surface area contributed by atoms with Gasteiger partial charge in [0, 0.05) is 6.04 Å². The van der Waals surface area contributed by atoms with Gasteiger partial charge in [-0.3, -0.25) is 0 Å². The second kappa shape index (κ2) is 8.68. The van der Waals surface area contributed by atoms with Crippen LogP contribution in [0.15, 0.2) is 30.7 Å². The van der Waals surface area contributed by atoms with Gasteiger partial charge in [-0.1, -0.05) is 19.8 Å². The molecule has 1 fully saturated rings. The minimum atomic E-state index is -0.425. The van der Waals surface area contributed by atoms with Crippen molar-refractivity contribution in [3.8, 4) is 11.4 Å². The largest absolute Gasteiger partial charge is 0.495 e. The first-order chi connectivity index (χ1) is 16.1. The first-order valence-corrected chi connectivity index (χ1v) is 11.2. The summed E-state index contributed by atoms with van der Waals surface area (Å²) in [6, 6.07) is 5.59. The molecule has 3 heterocycles. The van der Waals surface area contributed by atoms with Crippen LogP contribution in [-0.2, 0) is 4.74 Å². The number of hydrogen-bond donors (Lipinski definition) is 1. The first-order valence-electron chi connectivity index (χ1n) is 11.2. The lowest BCUT2D eigenvalue weighted by atomic mass is 10.0. The second-order valence-electron chi connectivity index (χ2n) is 8.23. The zero-order valence-electron chi connectivity index (χ0n) is 19.0. The van der Waals surface area contributed by atoms with Gasteiger partial charge in [0.15, 0.2) is 11.6 Å². The van der Waals surface area contributed by atoms with Gasteiger partial charge in [0.1, 0.15) is 17.8 Å². The summed E-state index contributed by atoms with van der Waals surface area (Å²) >= 11 is 0. The Morgan fingerprint density at radius 3 is 2.76 bits per heavy atom. The van der Waals surface area contributed by atoms with Crippen molar-refractivity contribution in [2.75, 3.05) is 24.4 Å². The smallest absolute Gasteiger partial charge is 0.337 e. The van der Waals surface area contributed by atoms with E-state index in [-0.39, 0.29) is 6.04 Å². The number of rotatable bonds is 6. The van der Waals surface area contributed by atoms with Crippen molar-refractivity contribution in [1.29, 1.82) is 0 Å². The summed E-state index contributed by atoms with van der Waals surface area (Å²) in [5, 5.41) is 7.70. The van der Waals surface area contributed by atoms with Gasteiger partial charge in [0.05, 0.1) is 37.7 Å². The van der Waals surface area contributed by atoms with Crippen molar-refractivity contribution in [2.45, 2.75) is 51.1 Å². The molecule has 0 spiro atoms. The molecule has 5 rings (SSSR count). The Kier molecular flexibility index (Phi) is 5.57. The lowest BCUT2D eigenvalue weighted by Gasteiger charge is -2.40. The van der Waals surface area contributed by atoms with E-state index in [1.54, 1.807) is 37.8 Å². The normalized spacial score (nSPS) is 17.4. The van der Waals surface area contributed by atoms with Gasteiger partial charge in [-0.15, -0.1) is 0 Å². The van der Waals surface area contributed by atoms with Crippen molar-refractivity contribution in [2.24, 2.45) is 0 Å². The maximum Gasteiger partial charge on any atom is 0.337 e. The summed E-state index contributed by atoms with van der Waals surface area (Å²) in [4.78, 5) is 28.3. The molecule has 0 bridgehead atoms. The van der Waals surface area contributed by atoms with Crippen LogP contribution in [0.3, 0.4) is 0 Å². The number of benzene rings is 1. The van der Waals surface area contributed by atoms with E-state index in [9.17, 15) is 4.79 Å². The molecule has 1 aliphatic heterocycles. The molecule has 1 saturated carbocycles. The van der Waals surface area contributed by atoms with Gasteiger partial charge < -0.3 is 19.7 Å². The lowest BCUT2D eigenvalue weighted by Crippen LogP contribution is -2.42. The molecule has 10 nitrogen and oxygen atoms in total. The first kappa shape index (κ1) is 21.2.